The van der Waals surface area contributed by atoms with Crippen LogP contribution in [-0.4, -0.2) is 16.6 Å². The molecule has 0 aromatic carbocycles. The zero-order valence-electron chi connectivity index (χ0n) is 7.85. The maximum atomic E-state index is 11.4. The van der Waals surface area contributed by atoms with Gasteiger partial charge in [0.05, 0.1) is 3.70 Å². The van der Waals surface area contributed by atoms with Crippen LogP contribution in [0.1, 0.15) is 31.3 Å². The molecule has 1 heterocycles. The lowest BCUT2D eigenvalue weighted by Gasteiger charge is -2.18. The predicted octanol–water partition coefficient (Wildman–Crippen LogP) is 2.57. The van der Waals surface area contributed by atoms with Crippen molar-refractivity contribution >= 4 is 28.6 Å². The average molecular weight is 293 g/mol. The van der Waals surface area contributed by atoms with Crippen LogP contribution >= 0.6 is 22.6 Å². The summed E-state index contributed by atoms with van der Waals surface area (Å²) < 4.78 is 6.09. The second-order valence-electron chi connectivity index (χ2n) is 3.72. The first kappa shape index (κ1) is 10.6. The van der Waals surface area contributed by atoms with E-state index in [0.29, 0.717) is 5.69 Å². The molecule has 1 aromatic rings. The van der Waals surface area contributed by atoms with Crippen molar-refractivity contribution in [2.45, 2.75) is 26.4 Å². The third-order valence-corrected chi connectivity index (χ3v) is 1.90. The number of nitrogens with one attached hydrogen (secondary N) is 1. The van der Waals surface area contributed by atoms with Crippen LogP contribution in [0.2, 0.25) is 0 Å². The molecule has 0 fully saturated rings. The largest absolute Gasteiger partial charge is 0.455 e. The van der Waals surface area contributed by atoms with Gasteiger partial charge in [0.2, 0.25) is 0 Å². The van der Waals surface area contributed by atoms with Gasteiger partial charge in [-0.3, -0.25) is 0 Å². The molecular formula is C9H12INO2. The lowest BCUT2D eigenvalue weighted by Crippen LogP contribution is -2.24. The van der Waals surface area contributed by atoms with Gasteiger partial charge in [-0.1, -0.05) is 0 Å². The summed E-state index contributed by atoms with van der Waals surface area (Å²) in [6.45, 7) is 5.54. The Hall–Kier alpha value is -0.520. The zero-order chi connectivity index (χ0) is 10.1. The van der Waals surface area contributed by atoms with Crippen molar-refractivity contribution < 1.29 is 9.53 Å². The Labute approximate surface area is 91.0 Å². The van der Waals surface area contributed by atoms with Gasteiger partial charge in [0, 0.05) is 0 Å². The van der Waals surface area contributed by atoms with Crippen molar-refractivity contribution in [2.24, 2.45) is 0 Å². The molecule has 0 spiro atoms. The molecule has 1 N–H and O–H groups in total. The van der Waals surface area contributed by atoms with E-state index in [2.05, 4.69) is 27.6 Å². The molecule has 0 aliphatic heterocycles. The molecule has 0 saturated carbocycles. The topological polar surface area (TPSA) is 42.1 Å². The van der Waals surface area contributed by atoms with E-state index in [1.165, 1.54) is 0 Å². The average Bonchev–Trinajstić information content (AvgIpc) is 2.31. The number of carbonyl (C=O) groups excluding carboxylic acids is 1. The second kappa shape index (κ2) is 3.69. The van der Waals surface area contributed by atoms with Crippen LogP contribution < -0.4 is 0 Å². The van der Waals surface area contributed by atoms with Crippen molar-refractivity contribution in [3.05, 3.63) is 21.5 Å². The summed E-state index contributed by atoms with van der Waals surface area (Å²) in [4.78, 5) is 14.3. The van der Waals surface area contributed by atoms with E-state index >= 15 is 0 Å². The van der Waals surface area contributed by atoms with Gasteiger partial charge in [-0.05, 0) is 55.5 Å². The van der Waals surface area contributed by atoms with Crippen LogP contribution in [-0.2, 0) is 4.74 Å². The summed E-state index contributed by atoms with van der Waals surface area (Å²) in [7, 11) is 0. The fraction of sp³-hybridized carbons (Fsp3) is 0.444. The minimum Gasteiger partial charge on any atom is -0.455 e. The van der Waals surface area contributed by atoms with Crippen molar-refractivity contribution in [1.82, 2.24) is 4.98 Å². The summed E-state index contributed by atoms with van der Waals surface area (Å²) >= 11 is 2.11. The Morgan fingerprint density at radius 3 is 2.46 bits per heavy atom. The summed E-state index contributed by atoms with van der Waals surface area (Å²) in [6, 6.07) is 3.55. The van der Waals surface area contributed by atoms with Gasteiger partial charge in [-0.25, -0.2) is 4.79 Å². The minimum absolute atomic E-state index is 0.310. The molecular weight excluding hydrogens is 281 g/mol. The SMILES string of the molecule is CC(C)(C)OC(=O)c1ccc(I)[nH]1. The van der Waals surface area contributed by atoms with Crippen molar-refractivity contribution in [1.29, 1.82) is 0 Å². The van der Waals surface area contributed by atoms with E-state index in [1.807, 2.05) is 26.8 Å². The number of carbonyl (C=O) groups is 1. The molecule has 0 bridgehead atoms. The van der Waals surface area contributed by atoms with Gasteiger partial charge in [0.25, 0.3) is 0 Å². The van der Waals surface area contributed by atoms with E-state index in [1.54, 1.807) is 6.07 Å². The molecule has 0 radical (unpaired) electrons. The van der Waals surface area contributed by atoms with Crippen LogP contribution in [0.4, 0.5) is 0 Å². The molecule has 4 heteroatoms. The highest BCUT2D eigenvalue weighted by Crippen LogP contribution is 2.12. The first-order chi connectivity index (χ1) is 5.88. The molecule has 0 saturated heterocycles. The Morgan fingerprint density at radius 2 is 2.08 bits per heavy atom. The maximum absolute atomic E-state index is 11.4. The first-order valence-electron chi connectivity index (χ1n) is 3.96. The molecule has 3 nitrogen and oxygen atoms in total. The number of H-pyrrole nitrogens is 1. The van der Waals surface area contributed by atoms with Crippen LogP contribution in [0.5, 0.6) is 0 Å². The Kier molecular flexibility index (Phi) is 3.00. The number of rotatable bonds is 1. The van der Waals surface area contributed by atoms with E-state index in [0.717, 1.165) is 3.70 Å². The van der Waals surface area contributed by atoms with Crippen LogP contribution in [0, 0.1) is 3.70 Å². The highest BCUT2D eigenvalue weighted by molar-refractivity contribution is 14.1. The van der Waals surface area contributed by atoms with E-state index < -0.39 is 5.60 Å². The number of esters is 1. The lowest BCUT2D eigenvalue weighted by atomic mass is 10.2. The number of hydrogen-bond donors (Lipinski definition) is 1. The van der Waals surface area contributed by atoms with Crippen LogP contribution in [0.15, 0.2) is 12.1 Å². The molecule has 72 valence electrons. The third kappa shape index (κ3) is 3.38. The monoisotopic (exact) mass is 293 g/mol. The smallest absolute Gasteiger partial charge is 0.355 e. The molecule has 0 aliphatic rings. The van der Waals surface area contributed by atoms with Crippen molar-refractivity contribution in [3.63, 3.8) is 0 Å². The number of ether oxygens (including phenoxy) is 1. The fourth-order valence-electron chi connectivity index (χ4n) is 0.821. The molecule has 0 atom stereocenters. The number of aromatic nitrogens is 1. The van der Waals surface area contributed by atoms with Crippen molar-refractivity contribution in [3.8, 4) is 0 Å². The normalized spacial score (nSPS) is 11.4. The summed E-state index contributed by atoms with van der Waals surface area (Å²) in [5.41, 5.74) is 0.0625. The lowest BCUT2D eigenvalue weighted by molar-refractivity contribution is 0.00635. The quantitative estimate of drug-likeness (QED) is 0.638. The number of halogens is 1. The molecule has 1 aromatic heterocycles. The Bertz CT molecular complexity index is 312. The molecule has 0 unspecified atom stereocenters. The second-order valence-corrected chi connectivity index (χ2v) is 4.88. The van der Waals surface area contributed by atoms with Gasteiger partial charge in [-0.2, -0.15) is 0 Å². The van der Waals surface area contributed by atoms with Crippen molar-refractivity contribution in [2.75, 3.05) is 0 Å². The van der Waals surface area contributed by atoms with Crippen LogP contribution in [0.3, 0.4) is 0 Å². The summed E-state index contributed by atoms with van der Waals surface area (Å²) in [5.74, 6) is -0.310. The summed E-state index contributed by atoms with van der Waals surface area (Å²) in [5, 5.41) is 0. The molecule has 1 rings (SSSR count). The molecule has 0 amide bonds. The third-order valence-electron chi connectivity index (χ3n) is 1.27. The van der Waals surface area contributed by atoms with Gasteiger partial charge in [0.15, 0.2) is 0 Å². The van der Waals surface area contributed by atoms with Gasteiger partial charge < -0.3 is 9.72 Å². The van der Waals surface area contributed by atoms with E-state index in [-0.39, 0.29) is 5.97 Å². The van der Waals surface area contributed by atoms with Gasteiger partial charge in [-0.15, -0.1) is 0 Å². The molecule has 0 aliphatic carbocycles. The maximum Gasteiger partial charge on any atom is 0.355 e. The number of hydrogen-bond acceptors (Lipinski definition) is 2. The highest BCUT2D eigenvalue weighted by Gasteiger charge is 2.18. The Balaban J connectivity index is 2.70. The summed E-state index contributed by atoms with van der Waals surface area (Å²) in [6.07, 6.45) is 0. The highest BCUT2D eigenvalue weighted by atomic mass is 127. The Morgan fingerprint density at radius 1 is 1.46 bits per heavy atom. The predicted molar refractivity (Wildman–Crippen MR) is 58.7 cm³/mol. The van der Waals surface area contributed by atoms with E-state index in [4.69, 9.17) is 4.74 Å². The minimum atomic E-state index is -0.437. The molecule has 13 heavy (non-hydrogen) atoms. The fourth-order valence-corrected chi connectivity index (χ4v) is 1.29. The zero-order valence-corrected chi connectivity index (χ0v) is 10.0. The van der Waals surface area contributed by atoms with E-state index in [9.17, 15) is 4.79 Å². The van der Waals surface area contributed by atoms with Gasteiger partial charge >= 0.3 is 5.97 Å². The van der Waals surface area contributed by atoms with Crippen LogP contribution in [0.25, 0.3) is 0 Å². The standard InChI is InChI=1S/C9H12INO2/c1-9(2,3)13-8(12)6-4-5-7(10)11-6/h4-5,11H,1-3H3. The van der Waals surface area contributed by atoms with Gasteiger partial charge in [0.1, 0.15) is 11.3 Å². The first-order valence-corrected chi connectivity index (χ1v) is 5.04. The number of aromatic amines is 1.